The van der Waals surface area contributed by atoms with Gasteiger partial charge in [-0.3, -0.25) is 0 Å². The molecule has 63 heavy (non-hydrogen) atoms. The number of anilines is 2. The third-order valence-corrected chi connectivity index (χ3v) is 12.0. The summed E-state index contributed by atoms with van der Waals surface area (Å²) in [7, 11) is -7.07. The first-order valence-electron chi connectivity index (χ1n) is 21.4. The fourth-order valence-corrected chi connectivity index (χ4v) is 9.04. The first kappa shape index (κ1) is 47.5. The number of hydrogen-bond donors (Lipinski definition) is 0. The van der Waals surface area contributed by atoms with E-state index < -0.39 is 7.81 Å². The number of allylic oxidation sites excluding steroid dienone is 8. The maximum absolute atomic E-state index is 10.7. The van der Waals surface area contributed by atoms with Crippen LogP contribution in [0.25, 0.3) is 0 Å². The first-order chi connectivity index (χ1) is 29.5. The van der Waals surface area contributed by atoms with Crippen LogP contribution >= 0.6 is 7.81 Å². The molecule has 0 amide bonds. The van der Waals surface area contributed by atoms with Gasteiger partial charge in [-0.25, -0.2) is 0 Å². The molecule has 4 aromatic carbocycles. The van der Waals surface area contributed by atoms with Crippen LogP contribution in [0.15, 0.2) is 144 Å². The summed E-state index contributed by atoms with van der Waals surface area (Å²) in [6.07, 6.45) is 13.5. The van der Waals surface area contributed by atoms with Crippen molar-refractivity contribution in [2.45, 2.75) is 78.1 Å². The molecule has 0 radical (unpaired) electrons. The topological polar surface area (TPSA) is 28.0 Å². The van der Waals surface area contributed by atoms with Gasteiger partial charge in [0.2, 0.25) is 17.1 Å². The van der Waals surface area contributed by atoms with Crippen LogP contribution in [0.3, 0.4) is 0 Å². The number of rotatable bonds is 12. The van der Waals surface area contributed by atoms with Gasteiger partial charge in [0.15, 0.2) is 0 Å². The summed E-state index contributed by atoms with van der Waals surface area (Å²) in [5.41, 5.74) is 16.6. The Kier molecular flexibility index (Phi) is 13.5. The van der Waals surface area contributed by atoms with Crippen molar-refractivity contribution in [2.24, 2.45) is 0 Å². The number of methoxy groups -OCH3 is 2. The molecule has 338 valence electrons. The van der Waals surface area contributed by atoms with Gasteiger partial charge in [-0.05, 0) is 74.9 Å². The van der Waals surface area contributed by atoms with Crippen LogP contribution in [-0.2, 0) is 20.3 Å². The summed E-state index contributed by atoms with van der Waals surface area (Å²) in [6.45, 7) is 17.2. The number of benzene rings is 4. The van der Waals surface area contributed by atoms with Crippen LogP contribution in [-0.4, -0.2) is 46.2 Å². The van der Waals surface area contributed by atoms with E-state index >= 15 is 0 Å². The Morgan fingerprint density at radius 1 is 0.571 bits per heavy atom. The molecule has 0 N–H and O–H groups in total. The van der Waals surface area contributed by atoms with Crippen molar-refractivity contribution in [1.82, 2.24) is 4.58 Å². The van der Waals surface area contributed by atoms with E-state index in [0.29, 0.717) is 0 Å². The zero-order chi connectivity index (χ0) is 45.9. The number of ether oxygens (including phenoxy) is 2. The monoisotopic (exact) mass is 891 g/mol. The van der Waals surface area contributed by atoms with Crippen molar-refractivity contribution in [3.63, 3.8) is 0 Å². The van der Waals surface area contributed by atoms with Gasteiger partial charge in [0, 0.05) is 110 Å². The van der Waals surface area contributed by atoms with Crippen LogP contribution in [0.2, 0.25) is 0 Å². The molecule has 0 saturated heterocycles. The SMILES string of the molecule is COCCCN1C(=CC=C2CC/C(=C\C=C3\N(CCCOC)c4ccc(C)cc4C3(C)C)C2=[N+](c2ccccc2)c2ccccc2)C(C)(C)c2cc(C)ccc21.F[P-](F)(F)(F)(F)F. The zero-order valence-corrected chi connectivity index (χ0v) is 38.5. The Hall–Kier alpha value is -4.96. The predicted octanol–water partition coefficient (Wildman–Crippen LogP) is 15.0. The summed E-state index contributed by atoms with van der Waals surface area (Å²) in [5, 5.41) is 0. The summed E-state index contributed by atoms with van der Waals surface area (Å²) in [6, 6.07) is 35.6. The molecular formula is C51H60F6N3O2P. The molecule has 0 unspecified atom stereocenters. The second-order valence-electron chi connectivity index (χ2n) is 17.6. The molecule has 4 aromatic rings. The molecule has 1 saturated carbocycles. The average molecular weight is 892 g/mol. The van der Waals surface area contributed by atoms with Crippen molar-refractivity contribution in [2.75, 3.05) is 50.3 Å². The average Bonchev–Trinajstić information content (AvgIpc) is 3.77. The minimum atomic E-state index is -10.7. The second-order valence-corrected chi connectivity index (χ2v) is 19.5. The summed E-state index contributed by atoms with van der Waals surface area (Å²) < 4.78 is 72.7. The number of para-hydroxylation sites is 2. The molecule has 0 atom stereocenters. The Morgan fingerprint density at radius 2 is 0.937 bits per heavy atom. The number of hydrogen-bond acceptors (Lipinski definition) is 4. The Morgan fingerprint density at radius 3 is 1.29 bits per heavy atom. The summed E-state index contributed by atoms with van der Waals surface area (Å²) >= 11 is 0. The van der Waals surface area contributed by atoms with E-state index in [1.54, 1.807) is 14.2 Å². The molecule has 0 spiro atoms. The minimum absolute atomic E-state index is 0.139. The standard InChI is InChI=1S/C51H60N3O2.F6P/c1-37-21-27-45-43(35-37)50(3,4)47(52(45)31-15-33-55-7)29-25-39-23-24-40(49(39)54(41-17-11-9-12-18-41)42-19-13-10-14-20-42)26-30-48-51(5,6)44-36-38(2)22-28-46(44)53(48)32-16-34-56-8;1-7(2,3,4,5)6/h9-14,17-22,25-30,35-36H,15-16,23-24,31-34H2,1-8H3;/q+1;-1. The van der Waals surface area contributed by atoms with Gasteiger partial charge in [-0.1, -0.05) is 112 Å². The summed E-state index contributed by atoms with van der Waals surface area (Å²) in [4.78, 5) is 5.07. The first-order valence-corrected chi connectivity index (χ1v) is 23.5. The Bertz CT molecular complexity index is 2290. The maximum atomic E-state index is 9.87. The van der Waals surface area contributed by atoms with Crippen molar-refractivity contribution < 1.29 is 34.7 Å². The van der Waals surface area contributed by atoms with Crippen LogP contribution in [0, 0.1) is 13.8 Å². The predicted molar refractivity (Wildman–Crippen MR) is 251 cm³/mol. The van der Waals surface area contributed by atoms with Gasteiger partial charge in [0.25, 0.3) is 0 Å². The number of nitrogens with zero attached hydrogens (tertiary/aromatic N) is 3. The second kappa shape index (κ2) is 17.9. The van der Waals surface area contributed by atoms with Crippen LogP contribution in [0.5, 0.6) is 0 Å². The fourth-order valence-electron chi connectivity index (χ4n) is 9.04. The fraction of sp³-hybridized carbons (Fsp3) is 0.353. The van der Waals surface area contributed by atoms with E-state index in [9.17, 15) is 25.2 Å². The van der Waals surface area contributed by atoms with Gasteiger partial charge < -0.3 is 19.3 Å². The van der Waals surface area contributed by atoms with Crippen molar-refractivity contribution in [1.29, 1.82) is 0 Å². The van der Waals surface area contributed by atoms with E-state index in [4.69, 9.17) is 9.47 Å². The molecule has 1 fully saturated rings. The van der Waals surface area contributed by atoms with Crippen molar-refractivity contribution in [3.05, 3.63) is 166 Å². The van der Waals surface area contributed by atoms with Gasteiger partial charge in [0.05, 0.1) is 0 Å². The van der Waals surface area contributed by atoms with E-state index in [1.807, 2.05) is 0 Å². The molecule has 12 heteroatoms. The molecular weight excluding hydrogens is 832 g/mol. The van der Waals surface area contributed by atoms with Crippen LogP contribution in [0.4, 0.5) is 47.9 Å². The van der Waals surface area contributed by atoms with E-state index in [-0.39, 0.29) is 10.8 Å². The van der Waals surface area contributed by atoms with Gasteiger partial charge in [0.1, 0.15) is 0 Å². The van der Waals surface area contributed by atoms with Crippen molar-refractivity contribution >= 4 is 36.3 Å². The van der Waals surface area contributed by atoms with Gasteiger partial charge in [-0.2, -0.15) is 4.58 Å². The Balaban J connectivity index is 0.000000871. The third kappa shape index (κ3) is 11.6. The number of halogens is 6. The molecule has 1 aliphatic carbocycles. The molecule has 2 heterocycles. The van der Waals surface area contributed by atoms with Crippen LogP contribution < -0.4 is 14.4 Å². The molecule has 3 aliphatic rings. The molecule has 0 bridgehead atoms. The third-order valence-electron chi connectivity index (χ3n) is 12.0. The van der Waals surface area contributed by atoms with E-state index in [0.717, 1.165) is 63.4 Å². The number of aryl methyl sites for hydroxylation is 2. The summed E-state index contributed by atoms with van der Waals surface area (Å²) in [5.74, 6) is 0. The normalized spacial score (nSPS) is 20.2. The van der Waals surface area contributed by atoms with Crippen molar-refractivity contribution in [3.8, 4) is 0 Å². The molecule has 2 aliphatic heterocycles. The quantitative estimate of drug-likeness (QED) is 0.0613. The van der Waals surface area contributed by atoms with Gasteiger partial charge >= 0.3 is 33.0 Å². The molecule has 0 aromatic heterocycles. The zero-order valence-electron chi connectivity index (χ0n) is 37.6. The van der Waals surface area contributed by atoms with Crippen LogP contribution in [0.1, 0.15) is 75.6 Å². The Labute approximate surface area is 369 Å². The molecule has 7 rings (SSSR count). The molecule has 5 nitrogen and oxygen atoms in total. The van der Waals surface area contributed by atoms with E-state index in [2.05, 4.69) is 177 Å². The van der Waals surface area contributed by atoms with E-state index in [1.165, 1.54) is 61.9 Å². The number of fused-ring (bicyclic) bond motifs is 2. The van der Waals surface area contributed by atoms with Gasteiger partial charge in [-0.15, -0.1) is 0 Å².